The lowest BCUT2D eigenvalue weighted by Crippen LogP contribution is -2.52. The minimum Gasteiger partial charge on any atom is -0.342 e. The summed E-state index contributed by atoms with van der Waals surface area (Å²) >= 11 is 0. The van der Waals surface area contributed by atoms with Crippen LogP contribution in [0, 0.1) is 16.7 Å². The van der Waals surface area contributed by atoms with Gasteiger partial charge in [0.2, 0.25) is 5.91 Å². The Labute approximate surface area is 122 Å². The zero-order chi connectivity index (χ0) is 15.8. The number of amides is 1. The summed E-state index contributed by atoms with van der Waals surface area (Å²) in [5, 5.41) is 2.99. The fourth-order valence-electron chi connectivity index (χ4n) is 2.25. The van der Waals surface area contributed by atoms with Crippen molar-refractivity contribution in [1.82, 2.24) is 5.32 Å². The first-order chi connectivity index (χ1) is 9.01. The van der Waals surface area contributed by atoms with Gasteiger partial charge in [-0.15, -0.1) is 5.73 Å². The van der Waals surface area contributed by atoms with Gasteiger partial charge in [0.1, 0.15) is 5.54 Å². The number of hydrogen-bond donors (Lipinski definition) is 1. The van der Waals surface area contributed by atoms with E-state index in [0.29, 0.717) is 6.42 Å². The normalized spacial score (nSPS) is 25.6. The van der Waals surface area contributed by atoms with E-state index in [0.717, 1.165) is 6.42 Å². The van der Waals surface area contributed by atoms with Crippen molar-refractivity contribution in [3.05, 3.63) is 18.4 Å². The zero-order valence-corrected chi connectivity index (χ0v) is 13.6. The molecule has 0 spiro atoms. The van der Waals surface area contributed by atoms with Crippen LogP contribution in [0.4, 0.5) is 0 Å². The van der Waals surface area contributed by atoms with Crippen molar-refractivity contribution < 1.29 is 9.59 Å². The predicted molar refractivity (Wildman–Crippen MR) is 81.2 cm³/mol. The van der Waals surface area contributed by atoms with Crippen LogP contribution in [-0.2, 0) is 9.59 Å². The van der Waals surface area contributed by atoms with Crippen molar-refractivity contribution in [2.75, 3.05) is 0 Å². The average molecular weight is 277 g/mol. The second-order valence-electron chi connectivity index (χ2n) is 7.42. The second kappa shape index (κ2) is 5.21. The smallest absolute Gasteiger partial charge is 0.226 e. The third-order valence-corrected chi connectivity index (χ3v) is 4.26. The van der Waals surface area contributed by atoms with Crippen LogP contribution in [-0.4, -0.2) is 17.2 Å². The molecule has 0 saturated heterocycles. The molecule has 1 saturated carbocycles. The summed E-state index contributed by atoms with van der Waals surface area (Å²) in [6.07, 6.45) is 3.20. The van der Waals surface area contributed by atoms with E-state index >= 15 is 0 Å². The van der Waals surface area contributed by atoms with Gasteiger partial charge in [0.25, 0.3) is 0 Å². The lowest BCUT2D eigenvalue weighted by atomic mass is 9.79. The quantitative estimate of drug-likeness (QED) is 0.784. The third kappa shape index (κ3) is 3.04. The maximum Gasteiger partial charge on any atom is 0.226 e. The fraction of sp³-hybridized carbons (Fsp3) is 0.706. The van der Waals surface area contributed by atoms with E-state index in [9.17, 15) is 9.59 Å². The van der Waals surface area contributed by atoms with Gasteiger partial charge in [-0.2, -0.15) is 0 Å². The highest BCUT2D eigenvalue weighted by Gasteiger charge is 2.62. The molecular weight excluding hydrogens is 250 g/mol. The van der Waals surface area contributed by atoms with Crippen LogP contribution < -0.4 is 5.32 Å². The Hall–Kier alpha value is -1.34. The minimum absolute atomic E-state index is 0.0182. The van der Waals surface area contributed by atoms with Gasteiger partial charge in [-0.3, -0.25) is 9.59 Å². The van der Waals surface area contributed by atoms with Crippen LogP contribution in [0.1, 0.15) is 54.4 Å². The molecule has 1 fully saturated rings. The summed E-state index contributed by atoms with van der Waals surface area (Å²) in [5.74, 6) is 0.0453. The maximum atomic E-state index is 12.8. The first-order valence-electron chi connectivity index (χ1n) is 7.24. The Balaban J connectivity index is 3.06. The van der Waals surface area contributed by atoms with E-state index in [1.807, 2.05) is 41.5 Å². The molecule has 1 amide bonds. The molecule has 0 unspecified atom stereocenters. The lowest BCUT2D eigenvalue weighted by Gasteiger charge is -2.30. The number of nitrogens with one attached hydrogen (secondary N) is 1. The Kier molecular flexibility index (Phi) is 4.36. The molecule has 1 aliphatic carbocycles. The molecular formula is C17H27NO2. The molecule has 0 radical (unpaired) electrons. The number of carbonyl (C=O) groups is 2. The maximum absolute atomic E-state index is 12.8. The number of Topliss-reactive ketones (excluding diaryl/α,β-unsaturated/α-hetero) is 1. The molecule has 3 heteroatoms. The summed E-state index contributed by atoms with van der Waals surface area (Å²) in [4.78, 5) is 25.1. The van der Waals surface area contributed by atoms with Gasteiger partial charge in [-0.1, -0.05) is 48.1 Å². The van der Waals surface area contributed by atoms with Gasteiger partial charge in [-0.05, 0) is 18.9 Å². The molecule has 3 nitrogen and oxygen atoms in total. The van der Waals surface area contributed by atoms with Crippen molar-refractivity contribution >= 4 is 11.7 Å². The van der Waals surface area contributed by atoms with Crippen LogP contribution >= 0.6 is 0 Å². The zero-order valence-electron chi connectivity index (χ0n) is 13.6. The highest BCUT2D eigenvalue weighted by Crippen LogP contribution is 2.49. The molecule has 1 N–H and O–H groups in total. The SMILES string of the molecule is C=C=C[C@H]1C[C@@]1(NC(=O)C(C)(C)C)C(=O)C(C)(C)CC. The number of carbonyl (C=O) groups excluding carboxylic acids is 2. The van der Waals surface area contributed by atoms with Crippen LogP contribution in [0.25, 0.3) is 0 Å². The molecule has 1 aliphatic rings. The predicted octanol–water partition coefficient (Wildman–Crippen LogP) is 3.25. The van der Waals surface area contributed by atoms with Crippen molar-refractivity contribution in [2.24, 2.45) is 16.7 Å². The highest BCUT2D eigenvalue weighted by atomic mass is 16.2. The number of rotatable bonds is 5. The van der Waals surface area contributed by atoms with Crippen LogP contribution in [0.5, 0.6) is 0 Å². The van der Waals surface area contributed by atoms with Gasteiger partial charge >= 0.3 is 0 Å². The molecule has 0 bridgehead atoms. The Bertz CT molecular complexity index is 464. The Morgan fingerprint density at radius 3 is 2.30 bits per heavy atom. The summed E-state index contributed by atoms with van der Waals surface area (Å²) in [6.45, 7) is 15.0. The van der Waals surface area contributed by atoms with Crippen molar-refractivity contribution in [1.29, 1.82) is 0 Å². The van der Waals surface area contributed by atoms with Crippen molar-refractivity contribution in [2.45, 2.75) is 59.9 Å². The number of ketones is 1. The first-order valence-corrected chi connectivity index (χ1v) is 7.24. The Morgan fingerprint density at radius 1 is 1.35 bits per heavy atom. The molecule has 20 heavy (non-hydrogen) atoms. The average Bonchev–Trinajstić information content (AvgIpc) is 3.01. The highest BCUT2D eigenvalue weighted by molar-refractivity contribution is 6.00. The molecule has 0 aliphatic heterocycles. The molecule has 112 valence electrons. The molecule has 2 atom stereocenters. The van der Waals surface area contributed by atoms with Gasteiger partial charge < -0.3 is 5.32 Å². The van der Waals surface area contributed by atoms with Crippen LogP contribution in [0.2, 0.25) is 0 Å². The first kappa shape index (κ1) is 16.7. The van der Waals surface area contributed by atoms with Crippen molar-refractivity contribution in [3.63, 3.8) is 0 Å². The topological polar surface area (TPSA) is 46.2 Å². The second-order valence-corrected chi connectivity index (χ2v) is 7.42. The van der Waals surface area contributed by atoms with Crippen LogP contribution in [0.3, 0.4) is 0 Å². The summed E-state index contributed by atoms with van der Waals surface area (Å²) in [7, 11) is 0. The summed E-state index contributed by atoms with van der Waals surface area (Å²) in [5.41, 5.74) is 1.05. The Morgan fingerprint density at radius 2 is 1.90 bits per heavy atom. The monoisotopic (exact) mass is 277 g/mol. The van der Waals surface area contributed by atoms with E-state index in [1.165, 1.54) is 0 Å². The lowest BCUT2D eigenvalue weighted by molar-refractivity contribution is -0.137. The third-order valence-electron chi connectivity index (χ3n) is 4.26. The van der Waals surface area contributed by atoms with E-state index in [-0.39, 0.29) is 17.6 Å². The molecule has 0 aromatic rings. The standard InChI is InChI=1S/C17H27NO2/c1-8-10-12-11-17(12,13(19)16(6,7)9-2)18-14(20)15(3,4)5/h10,12H,1,9,11H2,2-7H3,(H,18,20)/t12-,17-/m0/s1. The minimum atomic E-state index is -0.755. The van der Waals surface area contributed by atoms with Gasteiger partial charge in [0.15, 0.2) is 5.78 Å². The van der Waals surface area contributed by atoms with E-state index in [1.54, 1.807) is 6.08 Å². The fourth-order valence-corrected chi connectivity index (χ4v) is 2.25. The van der Waals surface area contributed by atoms with E-state index in [4.69, 9.17) is 0 Å². The molecule has 0 aromatic heterocycles. The molecule has 1 rings (SSSR count). The molecule has 0 heterocycles. The van der Waals surface area contributed by atoms with Gasteiger partial charge in [-0.25, -0.2) is 0 Å². The summed E-state index contributed by atoms with van der Waals surface area (Å²) in [6, 6.07) is 0. The van der Waals surface area contributed by atoms with E-state index < -0.39 is 16.4 Å². The van der Waals surface area contributed by atoms with E-state index in [2.05, 4.69) is 17.6 Å². The number of hydrogen-bond acceptors (Lipinski definition) is 2. The van der Waals surface area contributed by atoms with Crippen molar-refractivity contribution in [3.8, 4) is 0 Å². The van der Waals surface area contributed by atoms with Crippen LogP contribution in [0.15, 0.2) is 18.4 Å². The van der Waals surface area contributed by atoms with Gasteiger partial charge in [0.05, 0.1) is 0 Å². The largest absolute Gasteiger partial charge is 0.342 e. The summed E-state index contributed by atoms with van der Waals surface area (Å²) < 4.78 is 0. The van der Waals surface area contributed by atoms with Gasteiger partial charge in [0, 0.05) is 16.7 Å². The molecule has 0 aromatic carbocycles.